The van der Waals surface area contributed by atoms with Crippen LogP contribution < -0.4 is 5.82 Å². The van der Waals surface area contributed by atoms with E-state index in [1.807, 2.05) is 0 Å². The molecular weight excluding hydrogens is 84.0 g/mol. The van der Waals surface area contributed by atoms with Crippen LogP contribution in [0.15, 0.2) is 26.1 Å². The van der Waals surface area contributed by atoms with Crippen molar-refractivity contribution in [2.45, 2.75) is 0 Å². The molecule has 0 bridgehead atoms. The quantitative estimate of drug-likeness (QED) is 0.455. The highest BCUT2D eigenvalue weighted by Gasteiger charge is 1.77. The lowest BCUT2D eigenvalue weighted by Gasteiger charge is -1.49. The maximum Gasteiger partial charge on any atom is 0.518 e. The van der Waals surface area contributed by atoms with Crippen LogP contribution in [0.5, 0.6) is 0 Å². The molecule has 1 rings (SSSR count). The van der Waals surface area contributed by atoms with Crippen LogP contribution in [0.4, 0.5) is 0 Å². The zero-order valence-corrected chi connectivity index (χ0v) is 2.80. The van der Waals surface area contributed by atoms with Crippen LogP contribution in [0.2, 0.25) is 0 Å². The molecule has 0 unspecified atom stereocenters. The first-order valence-electron chi connectivity index (χ1n) is 1.84. The van der Waals surface area contributed by atoms with E-state index in [0.29, 0.717) is 0 Å². The summed E-state index contributed by atoms with van der Waals surface area (Å²) >= 11 is 0. The summed E-state index contributed by atoms with van der Waals surface area (Å²) in [7, 11) is 0. The molecule has 3 heteroatoms. The van der Waals surface area contributed by atoms with Crippen molar-refractivity contribution < 1.29 is 10.2 Å². The Morgan fingerprint density at radius 3 is 2.83 bits per heavy atom. The highest BCUT2D eigenvalue weighted by Crippen LogP contribution is 1.70. The predicted octanol–water partition coefficient (Wildman–Crippen LogP) is 0.233. The second-order valence-electron chi connectivity index (χ2n) is 0.706. The largest absolute Gasteiger partial charge is 0.518 e. The minimum absolute atomic E-state index is 0.245. The van der Waals surface area contributed by atoms with Crippen LogP contribution in [0.25, 0.3) is 0 Å². The summed E-state index contributed by atoms with van der Waals surface area (Å²) in [5.41, 5.74) is 0. The van der Waals surface area contributed by atoms with Crippen molar-refractivity contribution in [3.8, 4) is 0 Å². The first-order chi connectivity index (χ1) is 3.29. The van der Waals surface area contributed by atoms with Gasteiger partial charge in [0.1, 0.15) is 13.9 Å². The third kappa shape index (κ3) is 0.337. The normalized spacial score (nSPS) is 11.0. The third-order valence-corrected chi connectivity index (χ3v) is 0.346. The van der Waals surface area contributed by atoms with Crippen LogP contribution >= 0.6 is 0 Å². The van der Waals surface area contributed by atoms with Gasteiger partial charge in [0.15, 0.2) is 0 Å². The van der Waals surface area contributed by atoms with Gasteiger partial charge in [-0.1, -0.05) is 0 Å². The number of hydrogen-bond acceptors (Lipinski definition) is 3. The van der Waals surface area contributed by atoms with Crippen LogP contribution in [0.1, 0.15) is 1.37 Å². The lowest BCUT2D eigenvalue weighted by atomic mass is 11.1. The van der Waals surface area contributed by atoms with Crippen molar-refractivity contribution >= 4 is 0 Å². The second-order valence-corrected chi connectivity index (χ2v) is 0.706. The molecule has 1 aromatic rings. The van der Waals surface area contributed by atoms with Gasteiger partial charge in [0.25, 0.3) is 0 Å². The van der Waals surface area contributed by atoms with E-state index in [2.05, 4.69) is 8.83 Å². The third-order valence-electron chi connectivity index (χ3n) is 0.346. The van der Waals surface area contributed by atoms with E-state index >= 15 is 0 Å². The van der Waals surface area contributed by atoms with Crippen LogP contribution in [-0.2, 0) is 0 Å². The second kappa shape index (κ2) is 1.01. The van der Waals surface area contributed by atoms with Gasteiger partial charge in [-0.15, -0.1) is 0 Å². The Labute approximate surface area is 34.6 Å². The van der Waals surface area contributed by atoms with Gasteiger partial charge in [0.2, 0.25) is 0 Å². The van der Waals surface area contributed by atoms with E-state index < -0.39 is 5.82 Å². The van der Waals surface area contributed by atoms with Crippen molar-refractivity contribution in [3.05, 3.63) is 23.1 Å². The van der Waals surface area contributed by atoms with E-state index in [1.165, 1.54) is 0 Å². The molecule has 1 heterocycles. The minimum atomic E-state index is -0.829. The lowest BCUT2D eigenvalue weighted by Crippen LogP contribution is -1.83. The summed E-state index contributed by atoms with van der Waals surface area (Å²) in [5.74, 6) is -0.829. The Hall–Kier alpha value is -0.990. The Bertz CT molecular complexity index is 198. The topological polar surface area (TPSA) is 43.4 Å². The van der Waals surface area contributed by atoms with Gasteiger partial charge in [0, 0.05) is 0 Å². The molecule has 0 N–H and O–H groups in total. The zero-order chi connectivity index (χ0) is 5.28. The molecule has 6 heavy (non-hydrogen) atoms. The molecule has 0 atom stereocenters. The first-order valence-corrected chi connectivity index (χ1v) is 1.34. The summed E-state index contributed by atoms with van der Waals surface area (Å²) in [5, 5.41) is 0. The van der Waals surface area contributed by atoms with Gasteiger partial charge >= 0.3 is 5.82 Å². The fraction of sp³-hybridized carbons (Fsp3) is 0. The Balaban J connectivity index is 3.30. The van der Waals surface area contributed by atoms with Gasteiger partial charge in [-0.25, -0.2) is 4.79 Å². The molecular formula is C3H2O3. The van der Waals surface area contributed by atoms with Gasteiger partial charge in [0.05, 0.1) is 0 Å². The molecule has 32 valence electrons. The zero-order valence-electron chi connectivity index (χ0n) is 3.80. The smallest absolute Gasteiger partial charge is 0.399 e. The Morgan fingerprint density at radius 2 is 2.67 bits per heavy atom. The Morgan fingerprint density at radius 1 is 1.83 bits per heavy atom. The standard InChI is InChI=1S/C3H2O3/c4-3-5-1-2-6-3/h1-2H/i1D. The maximum atomic E-state index is 9.84. The summed E-state index contributed by atoms with van der Waals surface area (Å²) in [4.78, 5) is 9.84. The molecule has 0 fully saturated rings. The molecule has 0 aliphatic heterocycles. The van der Waals surface area contributed by atoms with Crippen LogP contribution in [0.3, 0.4) is 0 Å². The van der Waals surface area contributed by atoms with E-state index in [0.717, 1.165) is 6.26 Å². The van der Waals surface area contributed by atoms with Crippen LogP contribution in [-0.4, -0.2) is 0 Å². The van der Waals surface area contributed by atoms with Gasteiger partial charge in [-0.2, -0.15) is 0 Å². The molecule has 0 amide bonds. The Kier molecular flexibility index (Phi) is 0.374. The van der Waals surface area contributed by atoms with Crippen molar-refractivity contribution in [2.75, 3.05) is 0 Å². The summed E-state index contributed by atoms with van der Waals surface area (Å²) < 4.78 is 14.6. The average Bonchev–Trinajstić information content (AvgIpc) is 1.87. The fourth-order valence-corrected chi connectivity index (χ4v) is 0.168. The van der Waals surface area contributed by atoms with Crippen molar-refractivity contribution in [1.82, 2.24) is 0 Å². The van der Waals surface area contributed by atoms with E-state index in [1.54, 1.807) is 0 Å². The maximum absolute atomic E-state index is 9.84. The minimum Gasteiger partial charge on any atom is -0.399 e. The SMILES string of the molecule is [2H]c1coc(=O)o1. The predicted molar refractivity (Wildman–Crippen MR) is 17.2 cm³/mol. The average molecular weight is 87.1 g/mol. The highest BCUT2D eigenvalue weighted by molar-refractivity contribution is 4.49. The molecule has 0 saturated heterocycles. The molecule has 0 radical (unpaired) electrons. The van der Waals surface area contributed by atoms with Crippen LogP contribution in [0, 0.1) is 0 Å². The summed E-state index contributed by atoms with van der Waals surface area (Å²) in [6.45, 7) is 0. The molecule has 0 aliphatic rings. The van der Waals surface area contributed by atoms with Gasteiger partial charge in [-0.3, -0.25) is 0 Å². The summed E-state index contributed by atoms with van der Waals surface area (Å²) in [6, 6.07) is 0. The van der Waals surface area contributed by atoms with Crippen molar-refractivity contribution in [2.24, 2.45) is 0 Å². The summed E-state index contributed by atoms with van der Waals surface area (Å²) in [6.07, 6.45) is 0.688. The number of hydrogen-bond donors (Lipinski definition) is 0. The highest BCUT2D eigenvalue weighted by atomic mass is 16.5. The molecule has 3 nitrogen and oxygen atoms in total. The molecule has 0 spiro atoms. The lowest BCUT2D eigenvalue weighted by molar-refractivity contribution is 0.385. The van der Waals surface area contributed by atoms with E-state index in [4.69, 9.17) is 1.37 Å². The monoisotopic (exact) mass is 87.0 g/mol. The number of rotatable bonds is 0. The molecule has 1 aromatic heterocycles. The molecule has 0 saturated carbocycles. The van der Waals surface area contributed by atoms with Gasteiger partial charge < -0.3 is 8.83 Å². The van der Waals surface area contributed by atoms with Crippen molar-refractivity contribution in [1.29, 1.82) is 0 Å². The fourth-order valence-electron chi connectivity index (χ4n) is 0.168. The first kappa shape index (κ1) is 2.23. The van der Waals surface area contributed by atoms with E-state index in [9.17, 15) is 4.79 Å². The van der Waals surface area contributed by atoms with Gasteiger partial charge in [-0.05, 0) is 0 Å². The van der Waals surface area contributed by atoms with Crippen molar-refractivity contribution in [3.63, 3.8) is 0 Å². The molecule has 0 aliphatic carbocycles. The molecule has 0 aromatic carbocycles. The van der Waals surface area contributed by atoms with E-state index in [-0.39, 0.29) is 6.24 Å².